The lowest BCUT2D eigenvalue weighted by molar-refractivity contribution is -0.143. The molecule has 2 atom stereocenters. The molecule has 320 valence electrons. The molecule has 0 bridgehead atoms. The molecule has 18 heteroatoms. The minimum Gasteiger partial charge on any atom is -0.461 e. The first-order valence-corrected chi connectivity index (χ1v) is 19.1. The maximum atomic E-state index is 13.4. The molecule has 6 N–H and O–H groups in total. The van der Waals surface area contributed by atoms with Gasteiger partial charge in [0.1, 0.15) is 18.7 Å². The fourth-order valence-electron chi connectivity index (χ4n) is 4.85. The monoisotopic (exact) mass is 804 g/mol. The van der Waals surface area contributed by atoms with Crippen molar-refractivity contribution < 1.29 is 47.9 Å². The standard InChI is InChI=1S/C37H58N8O10.C2H6/c1-23(2)29(47)19-43(6)32(50)21-45(8)33(51)20-44(7)31(49)13-9-12-30(48)42-34(24(3)4)36(53)41-28(11-10-18-39-37(38)54)35(52)40-27-16-14-26(15-17-27)22-55-25(5)46;1-2/h14-17,23-24,28,34H,9-13,18-22H2,1-8H3,(H,40,52)(H,41,53)(H,42,48)(H3,38,39,54);1-2H3/t28-,34?;/m0./s1. The molecule has 8 amide bonds. The van der Waals surface area contributed by atoms with Crippen LogP contribution in [0.4, 0.5) is 10.5 Å². The molecule has 0 radical (unpaired) electrons. The lowest BCUT2D eigenvalue weighted by atomic mass is 10.0. The van der Waals surface area contributed by atoms with E-state index in [0.29, 0.717) is 17.7 Å². The van der Waals surface area contributed by atoms with E-state index in [0.717, 1.165) is 0 Å². The molecule has 0 spiro atoms. The zero-order chi connectivity index (χ0) is 43.8. The maximum Gasteiger partial charge on any atom is 0.312 e. The number of urea groups is 1. The van der Waals surface area contributed by atoms with Gasteiger partial charge in [0.05, 0.1) is 19.6 Å². The second-order valence-electron chi connectivity index (χ2n) is 14.0. The Bertz CT molecular complexity index is 1520. The van der Waals surface area contributed by atoms with Gasteiger partial charge in [0.25, 0.3) is 0 Å². The Labute approximate surface area is 336 Å². The third-order valence-corrected chi connectivity index (χ3v) is 8.38. The zero-order valence-corrected chi connectivity index (χ0v) is 35.2. The molecular formula is C39H64N8O10. The van der Waals surface area contributed by atoms with E-state index in [4.69, 9.17) is 10.5 Å². The number of nitrogens with zero attached hydrogens (tertiary/aromatic N) is 3. The van der Waals surface area contributed by atoms with Crippen LogP contribution in [0.3, 0.4) is 0 Å². The van der Waals surface area contributed by atoms with Crippen LogP contribution in [-0.2, 0) is 49.7 Å². The van der Waals surface area contributed by atoms with Gasteiger partial charge in [-0.25, -0.2) is 4.79 Å². The normalized spacial score (nSPS) is 11.5. The number of amides is 8. The van der Waals surface area contributed by atoms with Crippen LogP contribution in [-0.4, -0.2) is 127 Å². The van der Waals surface area contributed by atoms with Crippen molar-refractivity contribution in [1.82, 2.24) is 30.7 Å². The van der Waals surface area contributed by atoms with E-state index in [9.17, 15) is 43.2 Å². The quantitative estimate of drug-likeness (QED) is 0.0789. The van der Waals surface area contributed by atoms with Crippen molar-refractivity contribution in [1.29, 1.82) is 0 Å². The molecule has 0 saturated heterocycles. The van der Waals surface area contributed by atoms with E-state index in [-0.39, 0.29) is 76.1 Å². The number of nitrogens with two attached hydrogens (primary N) is 1. The first kappa shape index (κ1) is 51.5. The molecule has 0 heterocycles. The highest BCUT2D eigenvalue weighted by Gasteiger charge is 2.29. The highest BCUT2D eigenvalue weighted by Crippen LogP contribution is 2.13. The predicted molar refractivity (Wildman–Crippen MR) is 214 cm³/mol. The Hall–Kier alpha value is -5.55. The molecule has 0 aliphatic heterocycles. The SMILES string of the molecule is CC.CC(=O)OCc1ccc(NC(=O)[C@H](CCCNC(N)=O)NC(=O)C(NC(=O)CCCC(=O)N(C)CC(=O)N(C)CC(=O)N(C)CC(=O)C(C)C)C(C)C)cc1. The Morgan fingerprint density at radius 1 is 0.719 bits per heavy atom. The summed E-state index contributed by atoms with van der Waals surface area (Å²) in [4.78, 5) is 115. The van der Waals surface area contributed by atoms with E-state index in [1.54, 1.807) is 52.0 Å². The summed E-state index contributed by atoms with van der Waals surface area (Å²) in [5.41, 5.74) is 6.26. The largest absolute Gasteiger partial charge is 0.461 e. The minimum absolute atomic E-state index is 0.0647. The van der Waals surface area contributed by atoms with E-state index >= 15 is 0 Å². The molecule has 18 nitrogen and oxygen atoms in total. The van der Waals surface area contributed by atoms with Gasteiger partial charge in [-0.05, 0) is 42.9 Å². The maximum absolute atomic E-state index is 13.4. The van der Waals surface area contributed by atoms with Gasteiger partial charge in [0, 0.05) is 59.1 Å². The topological polar surface area (TPSA) is 247 Å². The van der Waals surface area contributed by atoms with Crippen LogP contribution in [0.25, 0.3) is 0 Å². The summed E-state index contributed by atoms with van der Waals surface area (Å²) >= 11 is 0. The van der Waals surface area contributed by atoms with Gasteiger partial charge in [-0.15, -0.1) is 0 Å². The third-order valence-electron chi connectivity index (χ3n) is 8.38. The van der Waals surface area contributed by atoms with Gasteiger partial charge in [-0.1, -0.05) is 53.7 Å². The number of nitrogens with one attached hydrogen (secondary N) is 4. The fraction of sp³-hybridized carbons (Fsp3) is 0.615. The van der Waals surface area contributed by atoms with Gasteiger partial charge in [-0.2, -0.15) is 0 Å². The average molecular weight is 805 g/mol. The van der Waals surface area contributed by atoms with Crippen molar-refractivity contribution >= 4 is 58.9 Å². The van der Waals surface area contributed by atoms with Gasteiger partial charge < -0.3 is 46.4 Å². The summed E-state index contributed by atoms with van der Waals surface area (Å²) < 4.78 is 4.97. The molecule has 0 aliphatic carbocycles. The number of carbonyl (C=O) groups is 9. The number of anilines is 1. The first-order chi connectivity index (χ1) is 26.7. The fourth-order valence-corrected chi connectivity index (χ4v) is 4.85. The van der Waals surface area contributed by atoms with Crippen molar-refractivity contribution in [3.05, 3.63) is 29.8 Å². The Morgan fingerprint density at radius 2 is 1.26 bits per heavy atom. The Morgan fingerprint density at radius 3 is 1.77 bits per heavy atom. The number of ketones is 1. The molecule has 1 aromatic carbocycles. The number of carbonyl (C=O) groups excluding carboxylic acids is 9. The van der Waals surface area contributed by atoms with Gasteiger partial charge >= 0.3 is 12.0 Å². The van der Waals surface area contributed by atoms with Gasteiger partial charge in [-0.3, -0.25) is 38.4 Å². The van der Waals surface area contributed by atoms with E-state index < -0.39 is 59.5 Å². The number of benzene rings is 1. The lowest BCUT2D eigenvalue weighted by Gasteiger charge is -2.25. The Kier molecular flexibility index (Phi) is 24.5. The molecule has 0 saturated carbocycles. The second-order valence-corrected chi connectivity index (χ2v) is 14.0. The summed E-state index contributed by atoms with van der Waals surface area (Å²) in [6.07, 6.45) is 0.375. The van der Waals surface area contributed by atoms with Crippen LogP contribution < -0.4 is 27.0 Å². The van der Waals surface area contributed by atoms with Crippen LogP contribution in [0.1, 0.15) is 86.1 Å². The summed E-state index contributed by atoms with van der Waals surface area (Å²) in [7, 11) is 4.33. The Balaban J connectivity index is 0.0000154. The summed E-state index contributed by atoms with van der Waals surface area (Å²) in [6.45, 7) is 11.8. The van der Waals surface area contributed by atoms with Crippen molar-refractivity contribution in [3.63, 3.8) is 0 Å². The number of rotatable bonds is 23. The second kappa shape index (κ2) is 27.1. The molecule has 1 rings (SSSR count). The average Bonchev–Trinajstić information content (AvgIpc) is 3.14. The summed E-state index contributed by atoms with van der Waals surface area (Å²) in [5.74, 6) is -4.12. The minimum atomic E-state index is -1.05. The highest BCUT2D eigenvalue weighted by atomic mass is 16.5. The van der Waals surface area contributed by atoms with Crippen LogP contribution in [0.15, 0.2) is 24.3 Å². The smallest absolute Gasteiger partial charge is 0.312 e. The molecule has 0 aliphatic rings. The number of hydrogen-bond donors (Lipinski definition) is 5. The van der Waals surface area contributed by atoms with Crippen LogP contribution >= 0.6 is 0 Å². The molecule has 57 heavy (non-hydrogen) atoms. The van der Waals surface area contributed by atoms with Gasteiger partial charge in [0.2, 0.25) is 35.4 Å². The molecule has 0 aromatic heterocycles. The first-order valence-electron chi connectivity index (χ1n) is 19.1. The van der Waals surface area contributed by atoms with Crippen LogP contribution in [0.5, 0.6) is 0 Å². The molecule has 0 fully saturated rings. The number of esters is 1. The van der Waals surface area contributed by atoms with E-state index in [2.05, 4.69) is 21.3 Å². The zero-order valence-electron chi connectivity index (χ0n) is 35.2. The van der Waals surface area contributed by atoms with Crippen molar-refractivity contribution in [2.45, 2.75) is 99.3 Å². The summed E-state index contributed by atoms with van der Waals surface area (Å²) in [6, 6.07) is 3.75. The van der Waals surface area contributed by atoms with E-state index in [1.807, 2.05) is 13.8 Å². The lowest BCUT2D eigenvalue weighted by Crippen LogP contribution is -2.54. The number of primary amides is 1. The van der Waals surface area contributed by atoms with Crippen molar-refractivity contribution in [2.24, 2.45) is 17.6 Å². The molecular weight excluding hydrogens is 740 g/mol. The molecule has 1 unspecified atom stereocenters. The summed E-state index contributed by atoms with van der Waals surface area (Å²) in [5, 5.41) is 10.6. The van der Waals surface area contributed by atoms with Crippen LogP contribution in [0.2, 0.25) is 0 Å². The number of hydrogen-bond acceptors (Lipinski definition) is 10. The third kappa shape index (κ3) is 21.4. The highest BCUT2D eigenvalue weighted by molar-refractivity contribution is 5.98. The number of ether oxygens (including phenoxy) is 1. The van der Waals surface area contributed by atoms with Crippen molar-refractivity contribution in [2.75, 3.05) is 52.6 Å². The molecule has 1 aromatic rings. The van der Waals surface area contributed by atoms with Crippen LogP contribution in [0, 0.1) is 11.8 Å². The van der Waals surface area contributed by atoms with Gasteiger partial charge in [0.15, 0.2) is 5.78 Å². The number of likely N-dealkylation sites (N-methyl/N-ethyl adjacent to an activating group) is 3. The van der Waals surface area contributed by atoms with Crippen molar-refractivity contribution in [3.8, 4) is 0 Å². The predicted octanol–water partition coefficient (Wildman–Crippen LogP) is 1.56. The number of Topliss-reactive ketones (excluding diaryl/α,β-unsaturated/α-hetero) is 1. The van der Waals surface area contributed by atoms with E-state index in [1.165, 1.54) is 42.8 Å².